The molecule has 0 aromatic carbocycles. The lowest BCUT2D eigenvalue weighted by atomic mass is 9.85. The van der Waals surface area contributed by atoms with Crippen molar-refractivity contribution in [2.75, 3.05) is 6.54 Å². The topological polar surface area (TPSA) is 68.3 Å². The maximum atomic E-state index is 10.9. The van der Waals surface area contributed by atoms with Crippen LogP contribution in [0.1, 0.15) is 45.3 Å². The molecule has 96 valence electrons. The van der Waals surface area contributed by atoms with E-state index in [2.05, 4.69) is 26.1 Å². The van der Waals surface area contributed by atoms with Crippen molar-refractivity contribution in [3.63, 3.8) is 0 Å². The SMILES string of the molecule is CCc1ccc([C@H](NCC(N)=O)C(C)(C)C)o1. The average Bonchev–Trinajstić information content (AvgIpc) is 2.63. The zero-order valence-electron chi connectivity index (χ0n) is 11.0. The van der Waals surface area contributed by atoms with E-state index in [0.29, 0.717) is 0 Å². The van der Waals surface area contributed by atoms with E-state index in [1.165, 1.54) is 0 Å². The molecule has 1 rings (SSSR count). The van der Waals surface area contributed by atoms with Gasteiger partial charge in [-0.3, -0.25) is 10.1 Å². The van der Waals surface area contributed by atoms with Gasteiger partial charge in [0.05, 0.1) is 12.6 Å². The third-order valence-electron chi connectivity index (χ3n) is 2.66. The van der Waals surface area contributed by atoms with Crippen LogP contribution < -0.4 is 11.1 Å². The molecule has 0 fully saturated rings. The lowest BCUT2D eigenvalue weighted by Gasteiger charge is -2.29. The highest BCUT2D eigenvalue weighted by molar-refractivity contribution is 5.75. The number of rotatable bonds is 5. The number of hydrogen-bond donors (Lipinski definition) is 2. The van der Waals surface area contributed by atoms with Crippen molar-refractivity contribution in [3.05, 3.63) is 23.7 Å². The Morgan fingerprint density at radius 2 is 2.12 bits per heavy atom. The Morgan fingerprint density at radius 1 is 1.47 bits per heavy atom. The first-order valence-corrected chi connectivity index (χ1v) is 5.95. The van der Waals surface area contributed by atoms with Gasteiger partial charge in [0.1, 0.15) is 11.5 Å². The van der Waals surface area contributed by atoms with Crippen LogP contribution in [0.4, 0.5) is 0 Å². The summed E-state index contributed by atoms with van der Waals surface area (Å²) in [6.45, 7) is 8.50. The first-order valence-electron chi connectivity index (χ1n) is 5.95. The van der Waals surface area contributed by atoms with E-state index >= 15 is 0 Å². The maximum Gasteiger partial charge on any atom is 0.231 e. The van der Waals surface area contributed by atoms with Crippen LogP contribution in [0, 0.1) is 5.41 Å². The molecule has 4 nitrogen and oxygen atoms in total. The number of nitrogens with one attached hydrogen (secondary N) is 1. The molecule has 1 atom stereocenters. The van der Waals surface area contributed by atoms with Crippen molar-refractivity contribution in [3.8, 4) is 0 Å². The van der Waals surface area contributed by atoms with Gasteiger partial charge in [-0.15, -0.1) is 0 Å². The number of carbonyl (C=O) groups excluding carboxylic acids is 1. The Kier molecular flexibility index (Phi) is 4.34. The standard InChI is InChI=1S/C13H22N2O2/c1-5-9-6-7-10(17-9)12(13(2,3)4)15-8-11(14)16/h6-7,12,15H,5,8H2,1-4H3,(H2,14,16)/t12-/m0/s1. The Balaban J connectivity index is 2.86. The van der Waals surface area contributed by atoms with Crippen molar-refractivity contribution < 1.29 is 9.21 Å². The van der Waals surface area contributed by atoms with Crippen LogP contribution in [-0.4, -0.2) is 12.5 Å². The molecule has 17 heavy (non-hydrogen) atoms. The molecule has 0 radical (unpaired) electrons. The molecule has 0 saturated carbocycles. The second kappa shape index (κ2) is 5.36. The van der Waals surface area contributed by atoms with Gasteiger partial charge in [0.2, 0.25) is 5.91 Å². The highest BCUT2D eigenvalue weighted by Gasteiger charge is 2.28. The van der Waals surface area contributed by atoms with E-state index in [9.17, 15) is 4.79 Å². The monoisotopic (exact) mass is 238 g/mol. The van der Waals surface area contributed by atoms with Gasteiger partial charge in [-0.25, -0.2) is 0 Å². The minimum Gasteiger partial charge on any atom is -0.464 e. The maximum absolute atomic E-state index is 10.9. The number of carbonyl (C=O) groups is 1. The minimum absolute atomic E-state index is 0.0182. The van der Waals surface area contributed by atoms with Crippen LogP contribution in [0.15, 0.2) is 16.5 Å². The van der Waals surface area contributed by atoms with Gasteiger partial charge >= 0.3 is 0 Å². The molecule has 0 bridgehead atoms. The molecule has 0 saturated heterocycles. The largest absolute Gasteiger partial charge is 0.464 e. The van der Waals surface area contributed by atoms with Gasteiger partial charge in [0.15, 0.2) is 0 Å². The number of nitrogens with two attached hydrogens (primary N) is 1. The lowest BCUT2D eigenvalue weighted by molar-refractivity contribution is -0.117. The van der Waals surface area contributed by atoms with Gasteiger partial charge in [0, 0.05) is 6.42 Å². The van der Waals surface area contributed by atoms with Crippen molar-refractivity contribution in [2.24, 2.45) is 11.1 Å². The van der Waals surface area contributed by atoms with Crippen LogP contribution in [0.2, 0.25) is 0 Å². The van der Waals surface area contributed by atoms with E-state index in [1.54, 1.807) is 0 Å². The Morgan fingerprint density at radius 3 is 2.53 bits per heavy atom. The smallest absolute Gasteiger partial charge is 0.231 e. The van der Waals surface area contributed by atoms with Gasteiger partial charge < -0.3 is 10.2 Å². The van der Waals surface area contributed by atoms with Crippen LogP contribution >= 0.6 is 0 Å². The molecule has 1 heterocycles. The summed E-state index contributed by atoms with van der Waals surface area (Å²) in [4.78, 5) is 10.9. The molecule has 1 aromatic rings. The fraction of sp³-hybridized carbons (Fsp3) is 0.615. The summed E-state index contributed by atoms with van der Waals surface area (Å²) < 4.78 is 5.74. The fourth-order valence-corrected chi connectivity index (χ4v) is 1.78. The van der Waals surface area contributed by atoms with E-state index in [0.717, 1.165) is 17.9 Å². The summed E-state index contributed by atoms with van der Waals surface area (Å²) in [6.07, 6.45) is 0.868. The predicted molar refractivity (Wildman–Crippen MR) is 67.5 cm³/mol. The quantitative estimate of drug-likeness (QED) is 0.824. The van der Waals surface area contributed by atoms with E-state index in [-0.39, 0.29) is 23.9 Å². The van der Waals surface area contributed by atoms with Gasteiger partial charge in [0.25, 0.3) is 0 Å². The number of amides is 1. The predicted octanol–water partition coefficient (Wildman–Crippen LogP) is 2.00. The lowest BCUT2D eigenvalue weighted by Crippen LogP contribution is -2.37. The Hall–Kier alpha value is -1.29. The third kappa shape index (κ3) is 3.89. The molecule has 0 aliphatic rings. The molecule has 0 aliphatic carbocycles. The summed E-state index contributed by atoms with van der Waals surface area (Å²) in [5, 5.41) is 3.14. The second-order valence-corrected chi connectivity index (χ2v) is 5.30. The zero-order valence-corrected chi connectivity index (χ0v) is 11.0. The summed E-state index contributed by atoms with van der Waals surface area (Å²) in [6, 6.07) is 3.92. The van der Waals surface area contributed by atoms with Crippen molar-refractivity contribution in [1.82, 2.24) is 5.32 Å². The van der Waals surface area contributed by atoms with Crippen LogP contribution in [0.5, 0.6) is 0 Å². The first-order chi connectivity index (χ1) is 7.84. The second-order valence-electron chi connectivity index (χ2n) is 5.30. The third-order valence-corrected chi connectivity index (χ3v) is 2.66. The Bertz CT molecular complexity index is 377. The van der Waals surface area contributed by atoms with Gasteiger partial charge in [-0.2, -0.15) is 0 Å². The Labute approximate surface area is 103 Å². The highest BCUT2D eigenvalue weighted by Crippen LogP contribution is 2.33. The van der Waals surface area contributed by atoms with Crippen LogP contribution in [-0.2, 0) is 11.2 Å². The molecule has 0 unspecified atom stereocenters. The van der Waals surface area contributed by atoms with Gasteiger partial charge in [-0.05, 0) is 17.5 Å². The van der Waals surface area contributed by atoms with Gasteiger partial charge in [-0.1, -0.05) is 27.7 Å². The van der Waals surface area contributed by atoms with Crippen molar-refractivity contribution in [2.45, 2.75) is 40.2 Å². The fourth-order valence-electron chi connectivity index (χ4n) is 1.78. The zero-order chi connectivity index (χ0) is 13.1. The molecule has 1 amide bonds. The highest BCUT2D eigenvalue weighted by atomic mass is 16.3. The number of aryl methyl sites for hydroxylation is 1. The molecule has 4 heteroatoms. The molecule has 1 aromatic heterocycles. The minimum atomic E-state index is -0.360. The van der Waals surface area contributed by atoms with E-state index < -0.39 is 0 Å². The summed E-state index contributed by atoms with van der Waals surface area (Å²) >= 11 is 0. The molecule has 3 N–H and O–H groups in total. The first kappa shape index (κ1) is 13.8. The summed E-state index contributed by atoms with van der Waals surface area (Å²) in [5.41, 5.74) is 5.12. The van der Waals surface area contributed by atoms with E-state index in [4.69, 9.17) is 10.2 Å². The van der Waals surface area contributed by atoms with Crippen molar-refractivity contribution >= 4 is 5.91 Å². The molecular weight excluding hydrogens is 216 g/mol. The molecule has 0 aliphatic heterocycles. The van der Waals surface area contributed by atoms with Crippen molar-refractivity contribution in [1.29, 1.82) is 0 Å². The average molecular weight is 238 g/mol. The van der Waals surface area contributed by atoms with E-state index in [1.807, 2.05) is 19.1 Å². The summed E-state index contributed by atoms with van der Waals surface area (Å²) in [5.74, 6) is 1.45. The number of furan rings is 1. The van der Waals surface area contributed by atoms with Crippen LogP contribution in [0.25, 0.3) is 0 Å². The number of hydrogen-bond acceptors (Lipinski definition) is 3. The normalized spacial score (nSPS) is 13.6. The number of primary amides is 1. The van der Waals surface area contributed by atoms with Crippen LogP contribution in [0.3, 0.4) is 0 Å². The molecular formula is C13H22N2O2. The summed E-state index contributed by atoms with van der Waals surface area (Å²) in [7, 11) is 0. The molecule has 0 spiro atoms.